The van der Waals surface area contributed by atoms with E-state index < -0.39 is 0 Å². The number of thioether (sulfide) groups is 1. The van der Waals surface area contributed by atoms with Crippen LogP contribution in [0.1, 0.15) is 0 Å². The van der Waals surface area contributed by atoms with Gasteiger partial charge < -0.3 is 10.5 Å². The molecule has 0 unspecified atom stereocenters. The summed E-state index contributed by atoms with van der Waals surface area (Å²) in [6.07, 6.45) is 2.02. The lowest BCUT2D eigenvalue weighted by Gasteiger charge is -2.11. The molecular weight excluding hydrogens is 298 g/mol. The molecule has 0 atom stereocenters. The molecule has 17 heavy (non-hydrogen) atoms. The largest absolute Gasteiger partial charge is 0.454 e. The zero-order valence-corrected chi connectivity index (χ0v) is 11.7. The highest BCUT2D eigenvalue weighted by molar-refractivity contribution is 9.10. The fourth-order valence-electron chi connectivity index (χ4n) is 1.42. The highest BCUT2D eigenvalue weighted by Gasteiger charge is 2.06. The molecule has 4 heteroatoms. The molecule has 2 rings (SSSR count). The summed E-state index contributed by atoms with van der Waals surface area (Å²) in [6.45, 7) is 0. The van der Waals surface area contributed by atoms with Crippen LogP contribution in [0.3, 0.4) is 0 Å². The summed E-state index contributed by atoms with van der Waals surface area (Å²) in [5.74, 6) is 1.49. The van der Waals surface area contributed by atoms with Gasteiger partial charge in [0.05, 0.1) is 5.69 Å². The van der Waals surface area contributed by atoms with E-state index in [-0.39, 0.29) is 0 Å². The highest BCUT2D eigenvalue weighted by atomic mass is 79.9. The average molecular weight is 310 g/mol. The van der Waals surface area contributed by atoms with E-state index in [0.29, 0.717) is 11.4 Å². The van der Waals surface area contributed by atoms with Crippen molar-refractivity contribution in [2.45, 2.75) is 4.90 Å². The Hall–Kier alpha value is -1.13. The van der Waals surface area contributed by atoms with Gasteiger partial charge in [0.2, 0.25) is 0 Å². The van der Waals surface area contributed by atoms with E-state index in [2.05, 4.69) is 15.9 Å². The smallest absolute Gasteiger partial charge is 0.151 e. The predicted molar refractivity (Wildman–Crippen MR) is 76.9 cm³/mol. The Morgan fingerprint density at radius 2 is 1.88 bits per heavy atom. The second-order valence-electron chi connectivity index (χ2n) is 3.44. The van der Waals surface area contributed by atoms with Gasteiger partial charge in [0, 0.05) is 9.37 Å². The van der Waals surface area contributed by atoms with Crippen molar-refractivity contribution >= 4 is 33.4 Å². The van der Waals surface area contributed by atoms with Crippen molar-refractivity contribution in [3.8, 4) is 11.5 Å². The Bertz CT molecular complexity index is 531. The number of hydrogen-bond acceptors (Lipinski definition) is 3. The zero-order chi connectivity index (χ0) is 12.3. The van der Waals surface area contributed by atoms with Crippen molar-refractivity contribution in [2.24, 2.45) is 0 Å². The first-order valence-electron chi connectivity index (χ1n) is 5.06. The molecule has 2 nitrogen and oxygen atoms in total. The lowest BCUT2D eigenvalue weighted by Crippen LogP contribution is -1.92. The van der Waals surface area contributed by atoms with E-state index in [1.165, 1.54) is 0 Å². The molecule has 2 N–H and O–H groups in total. The first-order valence-corrected chi connectivity index (χ1v) is 7.08. The van der Waals surface area contributed by atoms with Crippen LogP contribution in [-0.4, -0.2) is 6.26 Å². The number of rotatable bonds is 3. The van der Waals surface area contributed by atoms with E-state index in [9.17, 15) is 0 Å². The number of ether oxygens (including phenoxy) is 1. The summed E-state index contributed by atoms with van der Waals surface area (Å²) in [4.78, 5) is 1.09. The minimum Gasteiger partial charge on any atom is -0.454 e. The summed E-state index contributed by atoms with van der Waals surface area (Å²) >= 11 is 5.05. The van der Waals surface area contributed by atoms with Gasteiger partial charge in [0.1, 0.15) is 5.75 Å². The standard InChI is InChI=1S/C13H12BrNOS/c1-17-13-5-3-2-4-11(13)16-12-8-9(14)6-7-10(12)15/h2-8H,15H2,1H3. The number of benzene rings is 2. The van der Waals surface area contributed by atoms with Gasteiger partial charge in [0.15, 0.2) is 5.75 Å². The first-order chi connectivity index (χ1) is 8.20. The van der Waals surface area contributed by atoms with Crippen LogP contribution in [0.2, 0.25) is 0 Å². The van der Waals surface area contributed by atoms with Gasteiger partial charge in [0.25, 0.3) is 0 Å². The van der Waals surface area contributed by atoms with Crippen molar-refractivity contribution in [1.29, 1.82) is 0 Å². The topological polar surface area (TPSA) is 35.2 Å². The highest BCUT2D eigenvalue weighted by Crippen LogP contribution is 2.35. The fraction of sp³-hybridized carbons (Fsp3) is 0.0769. The maximum Gasteiger partial charge on any atom is 0.151 e. The number of nitrogens with two attached hydrogens (primary N) is 1. The van der Waals surface area contributed by atoms with Gasteiger partial charge in [-0.05, 0) is 36.6 Å². The molecule has 0 aliphatic carbocycles. The van der Waals surface area contributed by atoms with E-state index in [1.54, 1.807) is 11.8 Å². The molecule has 0 amide bonds. The van der Waals surface area contributed by atoms with E-state index >= 15 is 0 Å². The average Bonchev–Trinajstić information content (AvgIpc) is 2.34. The maximum absolute atomic E-state index is 5.88. The van der Waals surface area contributed by atoms with Crippen LogP contribution in [0.15, 0.2) is 51.8 Å². The van der Waals surface area contributed by atoms with Crippen LogP contribution in [-0.2, 0) is 0 Å². The molecule has 0 saturated carbocycles. The van der Waals surface area contributed by atoms with E-state index in [4.69, 9.17) is 10.5 Å². The zero-order valence-electron chi connectivity index (χ0n) is 9.31. The summed E-state index contributed by atoms with van der Waals surface area (Å²) in [5.41, 5.74) is 6.50. The monoisotopic (exact) mass is 309 g/mol. The second-order valence-corrected chi connectivity index (χ2v) is 5.20. The third-order valence-electron chi connectivity index (χ3n) is 2.26. The van der Waals surface area contributed by atoms with Crippen molar-refractivity contribution < 1.29 is 4.74 Å². The third kappa shape index (κ3) is 2.96. The van der Waals surface area contributed by atoms with Gasteiger partial charge in [-0.3, -0.25) is 0 Å². The normalized spacial score (nSPS) is 10.2. The van der Waals surface area contributed by atoms with Gasteiger partial charge in [-0.2, -0.15) is 0 Å². The van der Waals surface area contributed by atoms with Crippen LogP contribution in [0.5, 0.6) is 11.5 Å². The minimum atomic E-state index is 0.629. The number of nitrogen functional groups attached to an aromatic ring is 1. The molecule has 0 heterocycles. The Balaban J connectivity index is 2.34. The number of hydrogen-bond donors (Lipinski definition) is 1. The molecule has 2 aromatic rings. The van der Waals surface area contributed by atoms with Gasteiger partial charge in [-0.25, -0.2) is 0 Å². The van der Waals surface area contributed by atoms with Crippen molar-refractivity contribution in [3.63, 3.8) is 0 Å². The lowest BCUT2D eigenvalue weighted by molar-refractivity contribution is 0.473. The predicted octanol–water partition coefficient (Wildman–Crippen LogP) is 4.55. The van der Waals surface area contributed by atoms with Crippen LogP contribution in [0.25, 0.3) is 0 Å². The molecule has 0 saturated heterocycles. The van der Waals surface area contributed by atoms with Crippen LogP contribution >= 0.6 is 27.7 Å². The van der Waals surface area contributed by atoms with Gasteiger partial charge >= 0.3 is 0 Å². The summed E-state index contributed by atoms with van der Waals surface area (Å²) in [6, 6.07) is 13.5. The van der Waals surface area contributed by atoms with Gasteiger partial charge in [-0.15, -0.1) is 11.8 Å². The summed E-state index contributed by atoms with van der Waals surface area (Å²) < 4.78 is 6.78. The summed E-state index contributed by atoms with van der Waals surface area (Å²) in [5, 5.41) is 0. The molecule has 0 aromatic heterocycles. The number of halogens is 1. The molecule has 0 aliphatic rings. The molecule has 0 aliphatic heterocycles. The summed E-state index contributed by atoms with van der Waals surface area (Å²) in [7, 11) is 0. The quantitative estimate of drug-likeness (QED) is 0.667. The molecule has 0 radical (unpaired) electrons. The van der Waals surface area contributed by atoms with E-state index in [1.807, 2.05) is 48.7 Å². The van der Waals surface area contributed by atoms with Crippen LogP contribution < -0.4 is 10.5 Å². The molecule has 2 aromatic carbocycles. The maximum atomic E-state index is 5.88. The molecular formula is C13H12BrNOS. The van der Waals surface area contributed by atoms with Crippen molar-refractivity contribution in [1.82, 2.24) is 0 Å². The Morgan fingerprint density at radius 1 is 1.12 bits per heavy atom. The van der Waals surface area contributed by atoms with Crippen LogP contribution in [0, 0.1) is 0 Å². The number of anilines is 1. The van der Waals surface area contributed by atoms with Gasteiger partial charge in [-0.1, -0.05) is 28.1 Å². The number of para-hydroxylation sites is 1. The molecule has 0 fully saturated rings. The van der Waals surface area contributed by atoms with E-state index in [0.717, 1.165) is 15.1 Å². The van der Waals surface area contributed by atoms with Crippen LogP contribution in [0.4, 0.5) is 5.69 Å². The fourth-order valence-corrected chi connectivity index (χ4v) is 2.28. The van der Waals surface area contributed by atoms with Crippen molar-refractivity contribution in [3.05, 3.63) is 46.9 Å². The Labute approximate surface area is 113 Å². The lowest BCUT2D eigenvalue weighted by atomic mass is 10.3. The molecule has 88 valence electrons. The first kappa shape index (κ1) is 12.3. The Kier molecular flexibility index (Phi) is 3.97. The molecule has 0 bridgehead atoms. The molecule has 0 spiro atoms. The second kappa shape index (κ2) is 5.47. The van der Waals surface area contributed by atoms with Crippen molar-refractivity contribution in [2.75, 3.05) is 12.0 Å². The third-order valence-corrected chi connectivity index (χ3v) is 3.53. The SMILES string of the molecule is CSc1ccccc1Oc1cc(Br)ccc1N. The Morgan fingerprint density at radius 3 is 2.65 bits per heavy atom. The minimum absolute atomic E-state index is 0.629.